The van der Waals surface area contributed by atoms with Crippen molar-refractivity contribution < 1.29 is 54.7 Å². The second-order valence-electron chi connectivity index (χ2n) is 17.3. The van der Waals surface area contributed by atoms with Gasteiger partial charge in [-0.25, -0.2) is 18.2 Å². The molecule has 0 bridgehead atoms. The Bertz CT molecular complexity index is 2590. The van der Waals surface area contributed by atoms with Crippen molar-refractivity contribution >= 4 is 55.9 Å². The quantitative estimate of drug-likeness (QED) is 0.0671. The molecule has 4 aromatic rings. The van der Waals surface area contributed by atoms with Gasteiger partial charge in [-0.15, -0.1) is 13.2 Å². The average molecular weight is 921 g/mol. The van der Waals surface area contributed by atoms with Crippen molar-refractivity contribution in [3.05, 3.63) is 79.4 Å². The molecule has 65 heavy (non-hydrogen) atoms. The Morgan fingerprint density at radius 1 is 0.969 bits per heavy atom. The first-order valence-electron chi connectivity index (χ1n) is 22.0. The van der Waals surface area contributed by atoms with E-state index >= 15 is 0 Å². The van der Waals surface area contributed by atoms with Gasteiger partial charge in [-0.1, -0.05) is 49.3 Å². The minimum atomic E-state index is -4.58. The lowest BCUT2D eigenvalue weighted by atomic mass is 10.0. The van der Waals surface area contributed by atoms with E-state index in [0.29, 0.717) is 48.6 Å². The van der Waals surface area contributed by atoms with Crippen molar-refractivity contribution in [3.63, 3.8) is 0 Å². The molecule has 5 atom stereocenters. The van der Waals surface area contributed by atoms with Gasteiger partial charge in [0, 0.05) is 23.3 Å². The zero-order valence-electron chi connectivity index (χ0n) is 35.6. The monoisotopic (exact) mass is 920 g/mol. The van der Waals surface area contributed by atoms with E-state index in [1.807, 2.05) is 0 Å². The molecule has 19 heteroatoms. The number of benzene rings is 2. The van der Waals surface area contributed by atoms with Crippen molar-refractivity contribution in [2.24, 2.45) is 5.92 Å². The van der Waals surface area contributed by atoms with Crippen molar-refractivity contribution in [2.45, 2.75) is 125 Å². The summed E-state index contributed by atoms with van der Waals surface area (Å²) in [6.45, 7) is 7.32. The molecule has 0 unspecified atom stereocenters. The number of likely N-dealkylation sites (tertiary alicyclic amines) is 1. The molecular formula is C46H51F3N6O9S. The van der Waals surface area contributed by atoms with Crippen molar-refractivity contribution in [1.82, 2.24) is 30.2 Å². The zero-order chi connectivity index (χ0) is 46.1. The maximum absolute atomic E-state index is 14.8. The normalized spacial score (nSPS) is 22.6. The number of rotatable bonds is 18. The standard InChI is InChI=1S/C46H51F3N6O9S/c1-3-5-6-7-8-16-34(50-44(59)63-30-13-9-10-14-30)42(57)55-26-31(24-35(55)40(56)53-45(25-28(45)4-2)43(58)54-65(60,61)32-22-23-32)62-41-38-37(33-15-11-12-17-36(33)64-38)51-39(52-41)27-18-20-29(21-19-27)46(47,48)49/h3-4,11-12,15,17-21,28,30-32,34-35H,1-2,5-10,13-14,16,22-26H2,(H,50,59)(H,53,56)(H,54,58)/t28-,31-,34+,35+,45-/m1/s1. The highest BCUT2D eigenvalue weighted by atomic mass is 32.2. The molecule has 346 valence electrons. The summed E-state index contributed by atoms with van der Waals surface area (Å²) in [5.74, 6) is -2.99. The number of carbonyl (C=O) groups is 4. The lowest BCUT2D eigenvalue weighted by molar-refractivity contribution is -0.141. The highest BCUT2D eigenvalue weighted by Gasteiger charge is 2.62. The number of nitrogens with zero attached hydrogens (tertiary/aromatic N) is 3. The van der Waals surface area contributed by atoms with Crippen LogP contribution in [0.1, 0.15) is 89.0 Å². The second-order valence-corrected chi connectivity index (χ2v) is 19.3. The van der Waals surface area contributed by atoms with Crippen LogP contribution < -0.4 is 20.1 Å². The summed E-state index contributed by atoms with van der Waals surface area (Å²) in [6, 6.07) is 8.85. The van der Waals surface area contributed by atoms with Gasteiger partial charge in [0.1, 0.15) is 40.9 Å². The largest absolute Gasteiger partial charge is 0.470 e. The third kappa shape index (κ3) is 9.99. The third-order valence-electron chi connectivity index (χ3n) is 12.6. The van der Waals surface area contributed by atoms with Crippen LogP contribution in [0.4, 0.5) is 18.0 Å². The molecule has 2 aromatic heterocycles. The van der Waals surface area contributed by atoms with E-state index in [4.69, 9.17) is 13.9 Å². The van der Waals surface area contributed by atoms with E-state index in [1.54, 1.807) is 30.3 Å². The Hall–Kier alpha value is -5.98. The summed E-state index contributed by atoms with van der Waals surface area (Å²) in [7, 11) is -3.99. The van der Waals surface area contributed by atoms with Crippen LogP contribution in [0.15, 0.2) is 78.3 Å². The van der Waals surface area contributed by atoms with Gasteiger partial charge < -0.3 is 29.4 Å². The van der Waals surface area contributed by atoms with Gasteiger partial charge in [0.25, 0.3) is 11.8 Å². The van der Waals surface area contributed by atoms with Gasteiger partial charge in [-0.2, -0.15) is 18.2 Å². The predicted molar refractivity (Wildman–Crippen MR) is 232 cm³/mol. The Labute approximate surface area is 373 Å². The van der Waals surface area contributed by atoms with E-state index in [1.165, 1.54) is 23.1 Å². The number of aromatic nitrogens is 2. The molecule has 3 N–H and O–H groups in total. The Balaban J connectivity index is 1.12. The van der Waals surface area contributed by atoms with Gasteiger partial charge in [-0.05, 0) is 88.5 Å². The maximum Gasteiger partial charge on any atom is 0.416 e. The maximum atomic E-state index is 14.8. The number of allylic oxidation sites excluding steroid dienone is 1. The summed E-state index contributed by atoms with van der Waals surface area (Å²) in [5, 5.41) is 5.39. The molecule has 2 aromatic carbocycles. The summed E-state index contributed by atoms with van der Waals surface area (Å²) >= 11 is 0. The summed E-state index contributed by atoms with van der Waals surface area (Å²) in [4.78, 5) is 67.0. The molecule has 4 amide bonds. The molecule has 8 rings (SSSR count). The van der Waals surface area contributed by atoms with Crippen LogP contribution in [0.25, 0.3) is 33.5 Å². The van der Waals surface area contributed by atoms with Crippen molar-refractivity contribution in [3.8, 4) is 17.3 Å². The minimum Gasteiger partial charge on any atom is -0.470 e. The fourth-order valence-corrected chi connectivity index (χ4v) is 10.1. The number of para-hydroxylation sites is 1. The van der Waals surface area contributed by atoms with Gasteiger partial charge in [0.15, 0.2) is 5.82 Å². The first-order chi connectivity index (χ1) is 31.1. The van der Waals surface area contributed by atoms with Crippen LogP contribution in [-0.4, -0.2) is 88.7 Å². The topological polar surface area (TPSA) is 199 Å². The fraction of sp³-hybridized carbons (Fsp3) is 0.478. The number of amides is 4. The summed E-state index contributed by atoms with van der Waals surface area (Å²) in [5.41, 5.74) is -1.44. The molecule has 3 aliphatic carbocycles. The van der Waals surface area contributed by atoms with Crippen LogP contribution in [0.5, 0.6) is 5.88 Å². The smallest absolute Gasteiger partial charge is 0.416 e. The van der Waals surface area contributed by atoms with Crippen LogP contribution in [0, 0.1) is 5.92 Å². The molecule has 1 aliphatic heterocycles. The molecule has 15 nitrogen and oxygen atoms in total. The second kappa shape index (κ2) is 18.5. The van der Waals surface area contributed by atoms with Gasteiger partial charge in [-0.3, -0.25) is 19.1 Å². The molecule has 0 radical (unpaired) electrons. The van der Waals surface area contributed by atoms with E-state index in [0.717, 1.165) is 44.2 Å². The van der Waals surface area contributed by atoms with Gasteiger partial charge in [0.2, 0.25) is 27.4 Å². The number of hydrogen-bond donors (Lipinski definition) is 3. The number of halogens is 3. The Kier molecular flexibility index (Phi) is 13.0. The molecule has 4 aliphatic rings. The number of hydrogen-bond acceptors (Lipinski definition) is 11. The first-order valence-corrected chi connectivity index (χ1v) is 23.6. The van der Waals surface area contributed by atoms with E-state index in [-0.39, 0.29) is 54.8 Å². The molecular weight excluding hydrogens is 870 g/mol. The summed E-state index contributed by atoms with van der Waals surface area (Å²) in [6.07, 6.45) is 3.60. The average Bonchev–Trinajstić information content (AvgIpc) is 4.10. The number of carbonyl (C=O) groups excluding carboxylic acids is 4. The van der Waals surface area contributed by atoms with E-state index in [9.17, 15) is 40.8 Å². The minimum absolute atomic E-state index is 0.0211. The highest BCUT2D eigenvalue weighted by Crippen LogP contribution is 2.46. The zero-order valence-corrected chi connectivity index (χ0v) is 36.4. The molecule has 0 spiro atoms. The van der Waals surface area contributed by atoms with Gasteiger partial charge in [0.05, 0.1) is 17.4 Å². The number of alkyl carbamates (subject to hydrolysis) is 1. The Morgan fingerprint density at radius 2 is 1.71 bits per heavy atom. The number of sulfonamides is 1. The van der Waals surface area contributed by atoms with Crippen molar-refractivity contribution in [1.29, 1.82) is 0 Å². The first kappa shape index (κ1) is 45.6. The van der Waals surface area contributed by atoms with E-state index in [2.05, 4.69) is 38.5 Å². The number of alkyl halides is 3. The molecule has 3 saturated carbocycles. The molecule has 1 saturated heterocycles. The highest BCUT2D eigenvalue weighted by molar-refractivity contribution is 7.91. The number of fused-ring (bicyclic) bond motifs is 3. The third-order valence-corrected chi connectivity index (χ3v) is 14.4. The predicted octanol–water partition coefficient (Wildman–Crippen LogP) is 7.25. The van der Waals surface area contributed by atoms with Crippen molar-refractivity contribution in [2.75, 3.05) is 6.54 Å². The van der Waals surface area contributed by atoms with Crippen LogP contribution in [-0.2, 0) is 35.3 Å². The van der Waals surface area contributed by atoms with Gasteiger partial charge >= 0.3 is 12.3 Å². The van der Waals surface area contributed by atoms with E-state index < -0.39 is 80.5 Å². The van der Waals surface area contributed by atoms with Crippen LogP contribution >= 0.6 is 0 Å². The van der Waals surface area contributed by atoms with Crippen LogP contribution in [0.2, 0.25) is 0 Å². The van der Waals surface area contributed by atoms with Crippen LogP contribution in [0.3, 0.4) is 0 Å². The summed E-state index contributed by atoms with van der Waals surface area (Å²) < 4.78 is 86.7. The molecule has 4 fully saturated rings. The lowest BCUT2D eigenvalue weighted by Crippen LogP contribution is -2.58. The SMILES string of the molecule is C=CCCCCC[C@H](NC(=O)OC1CCCC1)C(=O)N1C[C@H](Oc2nc(-c3ccc(C(F)(F)F)cc3)nc3c2oc2ccccc23)C[C@H]1C(=O)N[C@]1(C(=O)NS(=O)(=O)C2CC2)C[C@H]1C=C. The number of ether oxygens (including phenoxy) is 2. The number of furan rings is 1. The lowest BCUT2D eigenvalue weighted by Gasteiger charge is -2.30. The number of nitrogens with one attached hydrogen (secondary N) is 3. The fourth-order valence-electron chi connectivity index (χ4n) is 8.74. The number of unbranched alkanes of at least 4 members (excludes halogenated alkanes) is 3. The Morgan fingerprint density at radius 3 is 2.38 bits per heavy atom. The molecule has 3 heterocycles.